The molecule has 3 aromatic rings. The van der Waals surface area contributed by atoms with Crippen molar-refractivity contribution in [3.63, 3.8) is 0 Å². The lowest BCUT2D eigenvalue weighted by molar-refractivity contribution is 0.00578. The summed E-state index contributed by atoms with van der Waals surface area (Å²) in [6.45, 7) is 10.9. The molecule has 0 radical (unpaired) electrons. The summed E-state index contributed by atoms with van der Waals surface area (Å²) in [5.74, 6) is 3.85. The number of benzene rings is 2. The van der Waals surface area contributed by atoms with Gasteiger partial charge in [0.2, 0.25) is 0 Å². The molecule has 4 aliphatic rings. The number of imidazole rings is 1. The number of aromatic amines is 1. The predicted molar refractivity (Wildman–Crippen MR) is 150 cm³/mol. The van der Waals surface area contributed by atoms with E-state index < -0.39 is 0 Å². The van der Waals surface area contributed by atoms with Gasteiger partial charge in [0.15, 0.2) is 0 Å². The number of aromatic nitrogens is 2. The molecule has 5 heteroatoms. The molecule has 4 atom stereocenters. The third-order valence-electron chi connectivity index (χ3n) is 10.3. The molecule has 2 heterocycles. The average Bonchev–Trinajstić information content (AvgIpc) is 3.68. The van der Waals surface area contributed by atoms with Crippen molar-refractivity contribution in [1.82, 2.24) is 9.97 Å². The highest BCUT2D eigenvalue weighted by atomic mass is 16.7. The van der Waals surface area contributed by atoms with Crippen molar-refractivity contribution in [2.45, 2.75) is 102 Å². The van der Waals surface area contributed by atoms with Crippen LogP contribution in [-0.2, 0) is 9.31 Å². The first kappa shape index (κ1) is 23.7. The first-order valence-corrected chi connectivity index (χ1v) is 14.4. The molecule has 2 unspecified atom stereocenters. The number of fused-ring (bicyclic) bond motifs is 5. The quantitative estimate of drug-likeness (QED) is 0.387. The molecule has 0 amide bonds. The lowest BCUT2D eigenvalue weighted by Gasteiger charge is -2.32. The molecule has 2 aromatic carbocycles. The van der Waals surface area contributed by atoms with Crippen LogP contribution in [-0.4, -0.2) is 28.3 Å². The number of nitrogens with one attached hydrogen (secondary N) is 1. The zero-order valence-corrected chi connectivity index (χ0v) is 22.9. The first-order valence-electron chi connectivity index (χ1n) is 14.4. The maximum atomic E-state index is 6.51. The smallest absolute Gasteiger partial charge is 0.399 e. The number of H-pyrrole nitrogens is 1. The van der Waals surface area contributed by atoms with Crippen LogP contribution in [0.25, 0.3) is 22.4 Å². The molecule has 1 aromatic heterocycles. The van der Waals surface area contributed by atoms with Crippen LogP contribution in [0.1, 0.15) is 108 Å². The van der Waals surface area contributed by atoms with Gasteiger partial charge in [-0.1, -0.05) is 43.3 Å². The fourth-order valence-corrected chi connectivity index (χ4v) is 7.46. The average molecular weight is 494 g/mol. The van der Waals surface area contributed by atoms with E-state index in [1.807, 2.05) is 6.20 Å². The maximum Gasteiger partial charge on any atom is 0.495 e. The van der Waals surface area contributed by atoms with Crippen molar-refractivity contribution < 1.29 is 9.31 Å². The number of hydrogen-bond acceptors (Lipinski definition) is 3. The molecule has 1 saturated heterocycles. The first-order chi connectivity index (χ1) is 17.7. The largest absolute Gasteiger partial charge is 0.495 e. The summed E-state index contributed by atoms with van der Waals surface area (Å²) >= 11 is 0. The van der Waals surface area contributed by atoms with Crippen LogP contribution in [0.4, 0.5) is 0 Å². The highest BCUT2D eigenvalue weighted by Gasteiger charge is 2.53. The van der Waals surface area contributed by atoms with Gasteiger partial charge in [0, 0.05) is 5.92 Å². The summed E-state index contributed by atoms with van der Waals surface area (Å²) in [4.78, 5) is 8.38. The standard InChI is InChI=1S/C32H39BN2O2/c1-19-6-7-24(16-19)30-34-18-27(35-30)21-10-8-20(9-11-21)25-14-15-26(29-23-13-12-22(17-23)28(25)29)33-36-31(2,3)32(4,5)37-33/h8-11,14-15,18-19,22-24H,6-7,12-13,16-17H2,1-5H3,(H,34,35)/t19-,22?,23?,24+/m0/s1. The van der Waals surface area contributed by atoms with E-state index in [0.717, 1.165) is 17.4 Å². The Balaban J connectivity index is 1.20. The summed E-state index contributed by atoms with van der Waals surface area (Å²) in [5, 5.41) is 0. The van der Waals surface area contributed by atoms with E-state index >= 15 is 0 Å². The van der Waals surface area contributed by atoms with Crippen molar-refractivity contribution in [3.05, 3.63) is 59.5 Å². The minimum absolute atomic E-state index is 0.285. The molecule has 1 N–H and O–H groups in total. The Morgan fingerprint density at radius 3 is 2.11 bits per heavy atom. The van der Waals surface area contributed by atoms with E-state index in [-0.39, 0.29) is 18.3 Å². The lowest BCUT2D eigenvalue weighted by Crippen LogP contribution is -2.41. The SMILES string of the molecule is C[C@H]1CC[C@@H](c2ncc(-c3ccc(-c4ccc(B5OC(C)(C)C(C)(C)O5)c5c4C4CCC5C4)cc3)[nH]2)C1. The second-order valence-electron chi connectivity index (χ2n) is 13.2. The summed E-state index contributed by atoms with van der Waals surface area (Å²) in [6, 6.07) is 13.7. The van der Waals surface area contributed by atoms with E-state index in [9.17, 15) is 0 Å². The molecule has 192 valence electrons. The third kappa shape index (κ3) is 3.76. The number of hydrogen-bond donors (Lipinski definition) is 1. The Morgan fingerprint density at radius 2 is 1.43 bits per heavy atom. The van der Waals surface area contributed by atoms with Crippen LogP contribution >= 0.6 is 0 Å². The van der Waals surface area contributed by atoms with Gasteiger partial charge < -0.3 is 14.3 Å². The molecule has 2 bridgehead atoms. The Morgan fingerprint density at radius 1 is 0.784 bits per heavy atom. The third-order valence-corrected chi connectivity index (χ3v) is 10.3. The number of rotatable bonds is 4. The van der Waals surface area contributed by atoms with Gasteiger partial charge in [0.05, 0.1) is 23.1 Å². The highest BCUT2D eigenvalue weighted by Crippen LogP contribution is 2.55. The van der Waals surface area contributed by atoms with Crippen molar-refractivity contribution in [2.75, 3.05) is 0 Å². The zero-order valence-electron chi connectivity index (χ0n) is 22.9. The molecule has 0 spiro atoms. The minimum atomic E-state index is -0.320. The molecule has 37 heavy (non-hydrogen) atoms. The van der Waals surface area contributed by atoms with Gasteiger partial charge in [-0.25, -0.2) is 4.98 Å². The molecule has 7 rings (SSSR count). The van der Waals surface area contributed by atoms with Crippen LogP contribution in [0.3, 0.4) is 0 Å². The van der Waals surface area contributed by atoms with Gasteiger partial charge in [-0.3, -0.25) is 0 Å². The van der Waals surface area contributed by atoms with Crippen LogP contribution in [0, 0.1) is 5.92 Å². The predicted octanol–water partition coefficient (Wildman–Crippen LogP) is 7.31. The Labute approximate surface area is 221 Å². The normalized spacial score (nSPS) is 29.3. The summed E-state index contributed by atoms with van der Waals surface area (Å²) in [5.41, 5.74) is 8.71. The van der Waals surface area contributed by atoms with E-state index in [0.29, 0.717) is 17.8 Å². The van der Waals surface area contributed by atoms with Gasteiger partial charge in [0.25, 0.3) is 0 Å². The summed E-state index contributed by atoms with van der Waals surface area (Å²) in [6.07, 6.45) is 9.69. The molecule has 3 fully saturated rings. The second-order valence-corrected chi connectivity index (χ2v) is 13.2. The van der Waals surface area contributed by atoms with E-state index in [4.69, 9.17) is 14.3 Å². The van der Waals surface area contributed by atoms with Gasteiger partial charge in [-0.15, -0.1) is 0 Å². The van der Waals surface area contributed by atoms with Crippen LogP contribution in [0.5, 0.6) is 0 Å². The van der Waals surface area contributed by atoms with Crippen molar-refractivity contribution in [3.8, 4) is 22.4 Å². The zero-order chi connectivity index (χ0) is 25.5. The molecular weight excluding hydrogens is 455 g/mol. The Kier molecular flexibility index (Phi) is 5.33. The van der Waals surface area contributed by atoms with E-state index in [2.05, 4.69) is 76.0 Å². The van der Waals surface area contributed by atoms with Crippen LogP contribution < -0.4 is 5.46 Å². The van der Waals surface area contributed by atoms with Crippen molar-refractivity contribution in [2.24, 2.45) is 5.92 Å². The van der Waals surface area contributed by atoms with Crippen molar-refractivity contribution >= 4 is 12.6 Å². The van der Waals surface area contributed by atoms with Crippen LogP contribution in [0.2, 0.25) is 0 Å². The monoisotopic (exact) mass is 494 g/mol. The Hall–Kier alpha value is -2.37. The molecule has 4 nitrogen and oxygen atoms in total. The maximum absolute atomic E-state index is 6.51. The molecule has 2 saturated carbocycles. The fraction of sp³-hybridized carbons (Fsp3) is 0.531. The van der Waals surface area contributed by atoms with E-state index in [1.54, 1.807) is 5.56 Å². The molecular formula is C32H39BN2O2. The molecule has 3 aliphatic carbocycles. The summed E-state index contributed by atoms with van der Waals surface area (Å²) < 4.78 is 13.0. The fourth-order valence-electron chi connectivity index (χ4n) is 7.46. The molecule has 1 aliphatic heterocycles. The van der Waals surface area contributed by atoms with E-state index in [1.165, 1.54) is 66.2 Å². The highest BCUT2D eigenvalue weighted by molar-refractivity contribution is 6.62. The minimum Gasteiger partial charge on any atom is -0.399 e. The van der Waals surface area contributed by atoms with Gasteiger partial charge in [-0.2, -0.15) is 0 Å². The van der Waals surface area contributed by atoms with Gasteiger partial charge in [0.1, 0.15) is 5.82 Å². The lowest BCUT2D eigenvalue weighted by atomic mass is 9.70. The topological polar surface area (TPSA) is 47.1 Å². The van der Waals surface area contributed by atoms with Gasteiger partial charge >= 0.3 is 7.12 Å². The number of nitrogens with zero attached hydrogens (tertiary/aromatic N) is 1. The summed E-state index contributed by atoms with van der Waals surface area (Å²) in [7, 11) is -0.285. The van der Waals surface area contributed by atoms with Gasteiger partial charge in [-0.05, 0) is 117 Å². The van der Waals surface area contributed by atoms with Crippen molar-refractivity contribution in [1.29, 1.82) is 0 Å². The Bertz CT molecular complexity index is 1330. The second kappa shape index (κ2) is 8.32. The van der Waals surface area contributed by atoms with Crippen LogP contribution in [0.15, 0.2) is 42.6 Å².